The normalized spacial score (nSPS) is 11.0. The minimum absolute atomic E-state index is 0.0120. The van der Waals surface area contributed by atoms with Crippen molar-refractivity contribution in [1.29, 1.82) is 0 Å². The van der Waals surface area contributed by atoms with Crippen molar-refractivity contribution in [1.82, 2.24) is 14.6 Å². The molecule has 0 radical (unpaired) electrons. The van der Waals surface area contributed by atoms with Gasteiger partial charge in [0.15, 0.2) is 5.01 Å². The maximum Gasteiger partial charge on any atom is 0.339 e. The van der Waals surface area contributed by atoms with E-state index in [-0.39, 0.29) is 18.1 Å². The van der Waals surface area contributed by atoms with Crippen molar-refractivity contribution in [2.75, 3.05) is 0 Å². The molecule has 0 aliphatic carbocycles. The van der Waals surface area contributed by atoms with E-state index in [9.17, 15) is 9.59 Å². The van der Waals surface area contributed by atoms with Crippen molar-refractivity contribution in [2.45, 2.75) is 34.3 Å². The molecular formula is C17H17N3O3S. The van der Waals surface area contributed by atoms with Gasteiger partial charge >= 0.3 is 5.97 Å². The summed E-state index contributed by atoms with van der Waals surface area (Å²) in [5.74, 6) is -0.388. The molecule has 0 N–H and O–H groups in total. The number of benzene rings is 1. The Morgan fingerprint density at radius 1 is 1.17 bits per heavy atom. The molecule has 0 atom stereocenters. The maximum absolute atomic E-state index is 12.4. The van der Waals surface area contributed by atoms with Crippen LogP contribution in [0.5, 0.6) is 0 Å². The van der Waals surface area contributed by atoms with E-state index in [1.165, 1.54) is 21.9 Å². The number of rotatable bonds is 3. The summed E-state index contributed by atoms with van der Waals surface area (Å²) in [4.78, 5) is 29.0. The molecule has 3 aromatic rings. The van der Waals surface area contributed by atoms with Gasteiger partial charge in [0.05, 0.1) is 5.56 Å². The van der Waals surface area contributed by atoms with Gasteiger partial charge in [-0.25, -0.2) is 9.78 Å². The van der Waals surface area contributed by atoms with Crippen LogP contribution in [0.15, 0.2) is 23.0 Å². The molecule has 2 heterocycles. The largest absolute Gasteiger partial charge is 0.455 e. The SMILES string of the molecule is Cc1cc(C)c(C(=O)OCc2nn3c(=O)cc(C)nc3s2)c(C)c1. The van der Waals surface area contributed by atoms with Crippen molar-refractivity contribution in [3.05, 3.63) is 61.5 Å². The average molecular weight is 343 g/mol. The summed E-state index contributed by atoms with van der Waals surface area (Å²) in [5.41, 5.74) is 3.85. The highest BCUT2D eigenvalue weighted by Crippen LogP contribution is 2.19. The molecule has 6 nitrogen and oxygen atoms in total. The number of hydrogen-bond acceptors (Lipinski definition) is 6. The van der Waals surface area contributed by atoms with Crippen LogP contribution >= 0.6 is 11.3 Å². The molecule has 3 rings (SSSR count). The monoisotopic (exact) mass is 343 g/mol. The summed E-state index contributed by atoms with van der Waals surface area (Å²) >= 11 is 1.24. The number of nitrogens with zero attached hydrogens (tertiary/aromatic N) is 3. The average Bonchev–Trinajstić information content (AvgIpc) is 2.87. The van der Waals surface area contributed by atoms with Crippen LogP contribution in [0.3, 0.4) is 0 Å². The number of aromatic nitrogens is 3. The quantitative estimate of drug-likeness (QED) is 0.684. The Morgan fingerprint density at radius 2 is 1.83 bits per heavy atom. The second-order valence-electron chi connectivity index (χ2n) is 5.78. The lowest BCUT2D eigenvalue weighted by atomic mass is 10.00. The van der Waals surface area contributed by atoms with Crippen LogP contribution in [0.1, 0.15) is 37.7 Å². The first-order valence-electron chi connectivity index (χ1n) is 7.46. The number of hydrogen-bond donors (Lipinski definition) is 0. The van der Waals surface area contributed by atoms with Gasteiger partial charge in [-0.05, 0) is 38.8 Å². The van der Waals surface area contributed by atoms with Crippen molar-refractivity contribution < 1.29 is 9.53 Å². The van der Waals surface area contributed by atoms with Crippen molar-refractivity contribution >= 4 is 22.3 Å². The second kappa shape index (κ2) is 6.16. The van der Waals surface area contributed by atoms with Crippen molar-refractivity contribution in [3.63, 3.8) is 0 Å². The molecule has 0 saturated carbocycles. The van der Waals surface area contributed by atoms with Crippen LogP contribution in [-0.2, 0) is 11.3 Å². The molecule has 0 amide bonds. The smallest absolute Gasteiger partial charge is 0.339 e. The first kappa shape index (κ1) is 16.3. The number of carbonyl (C=O) groups excluding carboxylic acids is 1. The maximum atomic E-state index is 12.4. The molecule has 1 aromatic carbocycles. The predicted molar refractivity (Wildman–Crippen MR) is 91.6 cm³/mol. The van der Waals surface area contributed by atoms with Crippen molar-refractivity contribution in [2.24, 2.45) is 0 Å². The van der Waals surface area contributed by atoms with Crippen LogP contribution in [0, 0.1) is 27.7 Å². The lowest BCUT2D eigenvalue weighted by Crippen LogP contribution is -2.14. The molecule has 0 bridgehead atoms. The summed E-state index contributed by atoms with van der Waals surface area (Å²) < 4.78 is 6.61. The predicted octanol–water partition coefficient (Wildman–Crippen LogP) is 2.74. The molecule has 0 unspecified atom stereocenters. The van der Waals surface area contributed by atoms with Crippen LogP contribution in [0.4, 0.5) is 0 Å². The Balaban J connectivity index is 1.82. The molecule has 24 heavy (non-hydrogen) atoms. The van der Waals surface area contributed by atoms with Gasteiger partial charge in [-0.1, -0.05) is 29.0 Å². The van der Waals surface area contributed by atoms with Crippen molar-refractivity contribution in [3.8, 4) is 0 Å². The van der Waals surface area contributed by atoms with Crippen LogP contribution in [0.25, 0.3) is 4.96 Å². The number of esters is 1. The molecule has 124 valence electrons. The first-order valence-corrected chi connectivity index (χ1v) is 8.28. The van der Waals surface area contributed by atoms with E-state index >= 15 is 0 Å². The van der Waals surface area contributed by atoms with Gasteiger partial charge < -0.3 is 4.74 Å². The minimum atomic E-state index is -0.388. The first-order chi connectivity index (χ1) is 11.3. The van der Waals surface area contributed by atoms with Gasteiger partial charge in [0, 0.05) is 11.8 Å². The zero-order valence-electron chi connectivity index (χ0n) is 13.9. The summed E-state index contributed by atoms with van der Waals surface area (Å²) in [6.45, 7) is 7.53. The molecule has 7 heteroatoms. The molecule has 0 aliphatic rings. The molecular weight excluding hydrogens is 326 g/mol. The van der Waals surface area contributed by atoms with Crippen LogP contribution < -0.4 is 5.56 Å². The Labute approximate surface area is 142 Å². The van der Waals surface area contributed by atoms with E-state index in [1.807, 2.05) is 32.9 Å². The standard InChI is InChI=1S/C17H17N3O3S/c1-9-5-10(2)15(11(3)6-9)16(22)23-8-13-19-20-14(21)7-12(4)18-17(20)24-13/h5-7H,8H2,1-4H3. The van der Waals surface area contributed by atoms with E-state index in [4.69, 9.17) is 4.74 Å². The van der Waals surface area contributed by atoms with Gasteiger partial charge in [0.1, 0.15) is 6.61 Å². The molecule has 0 spiro atoms. The van der Waals surface area contributed by atoms with Gasteiger partial charge in [0.25, 0.3) is 5.56 Å². The fourth-order valence-corrected chi connectivity index (χ4v) is 3.58. The molecule has 0 aliphatic heterocycles. The highest BCUT2D eigenvalue weighted by Gasteiger charge is 2.16. The summed E-state index contributed by atoms with van der Waals surface area (Å²) in [7, 11) is 0. The van der Waals surface area contributed by atoms with E-state index < -0.39 is 0 Å². The van der Waals surface area contributed by atoms with Gasteiger partial charge in [-0.15, -0.1) is 0 Å². The van der Waals surface area contributed by atoms with E-state index in [2.05, 4.69) is 10.1 Å². The zero-order valence-corrected chi connectivity index (χ0v) is 14.7. The summed E-state index contributed by atoms with van der Waals surface area (Å²) in [6, 6.07) is 5.32. The number of ether oxygens (including phenoxy) is 1. The Kier molecular flexibility index (Phi) is 4.19. The fourth-order valence-electron chi connectivity index (χ4n) is 2.72. The third-order valence-corrected chi connectivity index (χ3v) is 4.50. The number of fused-ring (bicyclic) bond motifs is 1. The Bertz CT molecular complexity index is 981. The van der Waals surface area contributed by atoms with Gasteiger partial charge in [0.2, 0.25) is 4.96 Å². The lowest BCUT2D eigenvalue weighted by molar-refractivity contribution is 0.0469. The molecule has 0 saturated heterocycles. The van der Waals surface area contributed by atoms with Crippen LogP contribution in [0.2, 0.25) is 0 Å². The fraction of sp³-hybridized carbons (Fsp3) is 0.294. The molecule has 0 fully saturated rings. The highest BCUT2D eigenvalue weighted by molar-refractivity contribution is 7.16. The Hall–Kier alpha value is -2.54. The lowest BCUT2D eigenvalue weighted by Gasteiger charge is -2.10. The minimum Gasteiger partial charge on any atom is -0.455 e. The third-order valence-electron chi connectivity index (χ3n) is 3.62. The van der Waals surface area contributed by atoms with E-state index in [1.54, 1.807) is 6.92 Å². The summed E-state index contributed by atoms with van der Waals surface area (Å²) in [5, 5.41) is 4.69. The van der Waals surface area contributed by atoms with Crippen LogP contribution in [-0.4, -0.2) is 20.6 Å². The topological polar surface area (TPSA) is 73.6 Å². The van der Waals surface area contributed by atoms with Gasteiger partial charge in [-0.3, -0.25) is 4.79 Å². The Morgan fingerprint density at radius 3 is 2.50 bits per heavy atom. The summed E-state index contributed by atoms with van der Waals surface area (Å²) in [6.07, 6.45) is 0. The zero-order chi connectivity index (χ0) is 17.4. The second-order valence-corrected chi connectivity index (χ2v) is 6.82. The highest BCUT2D eigenvalue weighted by atomic mass is 32.1. The molecule has 2 aromatic heterocycles. The number of aryl methyl sites for hydroxylation is 4. The number of carbonyl (C=O) groups is 1. The van der Waals surface area contributed by atoms with Gasteiger partial charge in [-0.2, -0.15) is 9.61 Å². The van der Waals surface area contributed by atoms with E-state index in [0.717, 1.165) is 16.7 Å². The van der Waals surface area contributed by atoms with E-state index in [0.29, 0.717) is 21.2 Å². The third kappa shape index (κ3) is 3.07.